The first kappa shape index (κ1) is 14.3. The van der Waals surface area contributed by atoms with Gasteiger partial charge in [0.25, 0.3) is 0 Å². The molecule has 3 aromatic rings. The van der Waals surface area contributed by atoms with Crippen LogP contribution in [0.2, 0.25) is 0 Å². The molecule has 0 amide bonds. The molecule has 0 radical (unpaired) electrons. The second-order valence-electron chi connectivity index (χ2n) is 5.44. The van der Waals surface area contributed by atoms with Gasteiger partial charge in [0.2, 0.25) is 0 Å². The van der Waals surface area contributed by atoms with Crippen LogP contribution in [0.25, 0.3) is 0 Å². The van der Waals surface area contributed by atoms with E-state index in [-0.39, 0.29) is 0 Å². The minimum atomic E-state index is 0.324. The zero-order valence-electron chi connectivity index (χ0n) is 12.4. The third-order valence-corrected chi connectivity index (χ3v) is 3.96. The predicted octanol–water partition coefficient (Wildman–Crippen LogP) is 4.87. The van der Waals surface area contributed by atoms with Gasteiger partial charge >= 0.3 is 0 Å². The summed E-state index contributed by atoms with van der Waals surface area (Å²) in [6.45, 7) is 0. The monoisotopic (exact) mass is 286 g/mol. The van der Waals surface area contributed by atoms with Gasteiger partial charge in [0, 0.05) is 11.5 Å². The summed E-state index contributed by atoms with van der Waals surface area (Å²) in [5.41, 5.74) is 4.59. The zero-order valence-corrected chi connectivity index (χ0v) is 12.4. The summed E-state index contributed by atoms with van der Waals surface area (Å²) in [5.74, 6) is 0.324. The SMILES string of the molecule is O=Cc1ccc(CC(c2ccccc2)c2ccccc2)cc1. The molecule has 0 N–H and O–H groups in total. The highest BCUT2D eigenvalue weighted by molar-refractivity contribution is 5.74. The molecule has 0 spiro atoms. The molecule has 0 unspecified atom stereocenters. The van der Waals surface area contributed by atoms with Crippen molar-refractivity contribution in [3.8, 4) is 0 Å². The standard InChI is InChI=1S/C21H18O/c22-16-18-13-11-17(12-14-18)15-21(19-7-3-1-4-8-19)20-9-5-2-6-10-20/h1-14,16,21H,15H2. The van der Waals surface area contributed by atoms with Crippen LogP contribution in [-0.4, -0.2) is 6.29 Å². The highest BCUT2D eigenvalue weighted by Gasteiger charge is 2.14. The van der Waals surface area contributed by atoms with Crippen molar-refractivity contribution in [2.75, 3.05) is 0 Å². The molecule has 3 aromatic carbocycles. The van der Waals surface area contributed by atoms with Crippen molar-refractivity contribution in [1.82, 2.24) is 0 Å². The van der Waals surface area contributed by atoms with Gasteiger partial charge in [0.05, 0.1) is 0 Å². The Labute approximate surface area is 131 Å². The summed E-state index contributed by atoms with van der Waals surface area (Å²) in [7, 11) is 0. The number of aldehydes is 1. The number of rotatable bonds is 5. The summed E-state index contributed by atoms with van der Waals surface area (Å²) in [4.78, 5) is 10.8. The Morgan fingerprint density at radius 3 is 1.64 bits per heavy atom. The van der Waals surface area contributed by atoms with Gasteiger partial charge in [-0.2, -0.15) is 0 Å². The van der Waals surface area contributed by atoms with Crippen LogP contribution in [0.15, 0.2) is 84.9 Å². The summed E-state index contributed by atoms with van der Waals surface area (Å²) in [5, 5.41) is 0. The Kier molecular flexibility index (Phi) is 4.45. The zero-order chi connectivity index (χ0) is 15.2. The van der Waals surface area contributed by atoms with E-state index in [1.54, 1.807) is 0 Å². The van der Waals surface area contributed by atoms with Gasteiger partial charge in [-0.15, -0.1) is 0 Å². The van der Waals surface area contributed by atoms with E-state index in [9.17, 15) is 4.79 Å². The van der Waals surface area contributed by atoms with E-state index < -0.39 is 0 Å². The molecule has 0 atom stereocenters. The Bertz CT molecular complexity index is 675. The van der Waals surface area contributed by atoms with Gasteiger partial charge in [0.1, 0.15) is 6.29 Å². The van der Waals surface area contributed by atoms with Crippen LogP contribution in [0.1, 0.15) is 33.0 Å². The smallest absolute Gasteiger partial charge is 0.150 e. The lowest BCUT2D eigenvalue weighted by Gasteiger charge is -2.18. The van der Waals surface area contributed by atoms with Gasteiger partial charge in [0.15, 0.2) is 0 Å². The number of hydrogen-bond donors (Lipinski definition) is 0. The molecule has 0 aromatic heterocycles. The fourth-order valence-corrected chi connectivity index (χ4v) is 2.77. The molecule has 1 nitrogen and oxygen atoms in total. The van der Waals surface area contributed by atoms with Crippen LogP contribution >= 0.6 is 0 Å². The van der Waals surface area contributed by atoms with Crippen molar-refractivity contribution in [2.45, 2.75) is 12.3 Å². The lowest BCUT2D eigenvalue weighted by Crippen LogP contribution is -2.05. The molecule has 0 fully saturated rings. The van der Waals surface area contributed by atoms with Crippen molar-refractivity contribution in [2.24, 2.45) is 0 Å². The maximum absolute atomic E-state index is 10.8. The quantitative estimate of drug-likeness (QED) is 0.611. The highest BCUT2D eigenvalue weighted by Crippen LogP contribution is 2.28. The van der Waals surface area contributed by atoms with E-state index in [4.69, 9.17) is 0 Å². The van der Waals surface area contributed by atoms with Crippen LogP contribution in [0.5, 0.6) is 0 Å². The molecule has 0 heterocycles. The summed E-state index contributed by atoms with van der Waals surface area (Å²) < 4.78 is 0. The second-order valence-corrected chi connectivity index (χ2v) is 5.44. The molecular formula is C21H18O. The van der Waals surface area contributed by atoms with Gasteiger partial charge in [-0.1, -0.05) is 84.9 Å². The number of carbonyl (C=O) groups is 1. The lowest BCUT2D eigenvalue weighted by molar-refractivity contribution is 0.112. The Balaban J connectivity index is 1.93. The van der Waals surface area contributed by atoms with Gasteiger partial charge in [-0.25, -0.2) is 0 Å². The Hall–Kier alpha value is -2.67. The molecule has 22 heavy (non-hydrogen) atoms. The number of hydrogen-bond acceptors (Lipinski definition) is 1. The van der Waals surface area contributed by atoms with Crippen molar-refractivity contribution >= 4 is 6.29 Å². The molecule has 108 valence electrons. The normalized spacial score (nSPS) is 10.6. The number of benzene rings is 3. The highest BCUT2D eigenvalue weighted by atomic mass is 16.1. The van der Waals surface area contributed by atoms with Gasteiger partial charge < -0.3 is 0 Å². The Morgan fingerprint density at radius 1 is 0.682 bits per heavy atom. The second kappa shape index (κ2) is 6.86. The minimum Gasteiger partial charge on any atom is -0.298 e. The third kappa shape index (κ3) is 3.32. The van der Waals surface area contributed by atoms with Crippen LogP contribution in [-0.2, 0) is 6.42 Å². The molecule has 0 saturated heterocycles. The van der Waals surface area contributed by atoms with Crippen molar-refractivity contribution in [3.05, 3.63) is 107 Å². The lowest BCUT2D eigenvalue weighted by atomic mass is 9.86. The molecule has 0 aliphatic heterocycles. The molecule has 3 rings (SSSR count). The summed E-state index contributed by atoms with van der Waals surface area (Å²) in [6.07, 6.45) is 1.81. The molecular weight excluding hydrogens is 268 g/mol. The largest absolute Gasteiger partial charge is 0.298 e. The molecule has 0 aliphatic rings. The van der Waals surface area contributed by atoms with Crippen LogP contribution in [0.3, 0.4) is 0 Å². The van der Waals surface area contributed by atoms with E-state index in [2.05, 4.69) is 48.5 Å². The predicted molar refractivity (Wildman–Crippen MR) is 90.3 cm³/mol. The minimum absolute atomic E-state index is 0.324. The topological polar surface area (TPSA) is 17.1 Å². The fraction of sp³-hybridized carbons (Fsp3) is 0.0952. The summed E-state index contributed by atoms with van der Waals surface area (Å²) in [6, 6.07) is 29.0. The molecule has 0 bridgehead atoms. The van der Waals surface area contributed by atoms with Crippen molar-refractivity contribution in [1.29, 1.82) is 0 Å². The van der Waals surface area contributed by atoms with E-state index in [1.165, 1.54) is 16.7 Å². The average Bonchev–Trinajstić information content (AvgIpc) is 2.62. The first-order valence-electron chi connectivity index (χ1n) is 7.51. The maximum Gasteiger partial charge on any atom is 0.150 e. The van der Waals surface area contributed by atoms with Crippen LogP contribution in [0, 0.1) is 0 Å². The number of carbonyl (C=O) groups excluding carboxylic acids is 1. The van der Waals surface area contributed by atoms with E-state index >= 15 is 0 Å². The maximum atomic E-state index is 10.8. The molecule has 1 heteroatoms. The van der Waals surface area contributed by atoms with Crippen LogP contribution < -0.4 is 0 Å². The van der Waals surface area contributed by atoms with Gasteiger partial charge in [-0.05, 0) is 23.1 Å². The first-order chi connectivity index (χ1) is 10.9. The average molecular weight is 286 g/mol. The van der Waals surface area contributed by atoms with E-state index in [0.717, 1.165) is 18.3 Å². The first-order valence-corrected chi connectivity index (χ1v) is 7.51. The van der Waals surface area contributed by atoms with Crippen molar-refractivity contribution in [3.63, 3.8) is 0 Å². The molecule has 0 saturated carbocycles. The van der Waals surface area contributed by atoms with Crippen LogP contribution in [0.4, 0.5) is 0 Å². The summed E-state index contributed by atoms with van der Waals surface area (Å²) >= 11 is 0. The third-order valence-electron chi connectivity index (χ3n) is 3.96. The molecule has 0 aliphatic carbocycles. The fourth-order valence-electron chi connectivity index (χ4n) is 2.77. The van der Waals surface area contributed by atoms with Gasteiger partial charge in [-0.3, -0.25) is 4.79 Å². The van der Waals surface area contributed by atoms with Crippen molar-refractivity contribution < 1.29 is 4.79 Å². The van der Waals surface area contributed by atoms with E-state index in [0.29, 0.717) is 5.92 Å². The Morgan fingerprint density at radius 2 is 1.18 bits per heavy atom. The van der Waals surface area contributed by atoms with E-state index in [1.807, 2.05) is 36.4 Å².